The third-order valence-corrected chi connectivity index (χ3v) is 5.65. The predicted octanol–water partition coefficient (Wildman–Crippen LogP) is 7.41. The maximum atomic E-state index is 9.38. The summed E-state index contributed by atoms with van der Waals surface area (Å²) in [4.78, 5) is 0. The molecule has 0 aliphatic rings. The number of aliphatic hydroxyl groups is 1. The molecule has 0 aliphatic carbocycles. The van der Waals surface area contributed by atoms with E-state index in [1.807, 2.05) is 37.3 Å². The summed E-state index contributed by atoms with van der Waals surface area (Å²) in [6, 6.07) is 10.0. The van der Waals surface area contributed by atoms with Gasteiger partial charge in [-0.2, -0.15) is 5.26 Å². The van der Waals surface area contributed by atoms with Crippen molar-refractivity contribution in [2.45, 2.75) is 85.3 Å². The van der Waals surface area contributed by atoms with Crippen molar-refractivity contribution in [1.29, 1.82) is 5.26 Å². The Kier molecular flexibility index (Phi) is 13.1. The fourth-order valence-corrected chi connectivity index (χ4v) is 3.73. The second-order valence-corrected chi connectivity index (χ2v) is 9.24. The van der Waals surface area contributed by atoms with Gasteiger partial charge in [0.25, 0.3) is 0 Å². The van der Waals surface area contributed by atoms with E-state index < -0.39 is 0 Å². The summed E-state index contributed by atoms with van der Waals surface area (Å²) < 4.78 is 0. The van der Waals surface area contributed by atoms with Crippen LogP contribution in [-0.2, 0) is 0 Å². The summed E-state index contributed by atoms with van der Waals surface area (Å²) in [6.07, 6.45) is 14.0. The molecule has 0 spiro atoms. The number of nitrogens with two attached hydrogens (primary N) is 1. The number of rotatable bonds is 13. The number of unbranched alkanes of at least 4 members (excludes halogenated alkanes) is 2. The van der Waals surface area contributed by atoms with Crippen molar-refractivity contribution in [2.24, 2.45) is 5.73 Å². The smallest absolute Gasteiger partial charge is 0.0991 e. The molecule has 1 aromatic carbocycles. The van der Waals surface area contributed by atoms with Crippen molar-refractivity contribution in [1.82, 2.24) is 0 Å². The summed E-state index contributed by atoms with van der Waals surface area (Å²) in [5, 5.41) is 18.6. The van der Waals surface area contributed by atoms with Gasteiger partial charge >= 0.3 is 0 Å². The minimum atomic E-state index is -0.217. The molecule has 0 heterocycles. The van der Waals surface area contributed by atoms with Gasteiger partial charge in [-0.15, -0.1) is 0 Å². The van der Waals surface area contributed by atoms with Crippen LogP contribution >= 0.6 is 0 Å². The first-order valence-electron chi connectivity index (χ1n) is 12.0. The van der Waals surface area contributed by atoms with E-state index in [-0.39, 0.29) is 12.1 Å². The average Bonchev–Trinajstić information content (AvgIpc) is 2.77. The molecule has 2 unspecified atom stereocenters. The van der Waals surface area contributed by atoms with Crippen LogP contribution < -0.4 is 5.73 Å². The maximum Gasteiger partial charge on any atom is 0.0991 e. The molecule has 178 valence electrons. The zero-order valence-electron chi connectivity index (χ0n) is 21.2. The van der Waals surface area contributed by atoms with Crippen molar-refractivity contribution in [3.05, 3.63) is 88.6 Å². The Morgan fingerprint density at radius 1 is 1.06 bits per heavy atom. The first-order chi connectivity index (χ1) is 15.7. The van der Waals surface area contributed by atoms with Crippen molar-refractivity contribution in [2.75, 3.05) is 0 Å². The standard InChI is InChI=1S/C30H42N2O/c1-7-27(16-13-22(2)3)25(6)30(28-17-14-26(21-31)15-18-28)20-23(4)19-29(32)12-10-8-9-11-24(5)33/h7,13-18,20,24,29,33H,1,8-12,19,32H2,2-6H3/b23-20+,27-16+,30-25-. The predicted molar refractivity (Wildman–Crippen MR) is 143 cm³/mol. The number of benzene rings is 1. The van der Waals surface area contributed by atoms with E-state index in [1.54, 1.807) is 0 Å². The maximum absolute atomic E-state index is 9.38. The van der Waals surface area contributed by atoms with Crippen LogP contribution in [-0.4, -0.2) is 17.3 Å². The van der Waals surface area contributed by atoms with E-state index in [2.05, 4.69) is 58.6 Å². The molecule has 2 atom stereocenters. The van der Waals surface area contributed by atoms with Crippen molar-refractivity contribution in [3.8, 4) is 6.07 Å². The van der Waals surface area contributed by atoms with Crippen LogP contribution in [0.4, 0.5) is 0 Å². The van der Waals surface area contributed by atoms with Crippen molar-refractivity contribution >= 4 is 5.57 Å². The molecule has 0 saturated carbocycles. The Labute approximate surface area is 201 Å². The zero-order valence-corrected chi connectivity index (χ0v) is 21.2. The molecule has 1 rings (SSSR count). The summed E-state index contributed by atoms with van der Waals surface area (Å²) in [5.41, 5.74) is 13.9. The summed E-state index contributed by atoms with van der Waals surface area (Å²) in [7, 11) is 0. The topological polar surface area (TPSA) is 70.0 Å². The Morgan fingerprint density at radius 3 is 2.24 bits per heavy atom. The SMILES string of the molecule is C=CC(=C\C=C(C)C)/C(C)=C(/C=C(\C)CC(N)CCCCCC(C)O)c1ccc(C#N)cc1. The molecular weight excluding hydrogens is 404 g/mol. The van der Waals surface area contributed by atoms with Gasteiger partial charge < -0.3 is 10.8 Å². The number of hydrogen-bond acceptors (Lipinski definition) is 3. The average molecular weight is 447 g/mol. The van der Waals surface area contributed by atoms with Gasteiger partial charge in [0, 0.05) is 6.04 Å². The highest BCUT2D eigenvalue weighted by Crippen LogP contribution is 2.28. The van der Waals surface area contributed by atoms with Gasteiger partial charge in [-0.1, -0.05) is 73.4 Å². The first kappa shape index (κ1) is 28.4. The fourth-order valence-electron chi connectivity index (χ4n) is 3.73. The Morgan fingerprint density at radius 2 is 1.70 bits per heavy atom. The highest BCUT2D eigenvalue weighted by molar-refractivity contribution is 5.81. The van der Waals surface area contributed by atoms with Crippen LogP contribution in [0, 0.1) is 11.3 Å². The molecule has 0 radical (unpaired) electrons. The number of hydrogen-bond donors (Lipinski definition) is 2. The lowest BCUT2D eigenvalue weighted by atomic mass is 9.91. The Bertz CT molecular complexity index is 917. The van der Waals surface area contributed by atoms with E-state index in [4.69, 9.17) is 5.73 Å². The molecule has 1 aromatic rings. The van der Waals surface area contributed by atoms with Gasteiger partial charge in [0.2, 0.25) is 0 Å². The fraction of sp³-hybridized carbons (Fsp3) is 0.433. The number of allylic oxidation sites excluding steroid dienone is 8. The van der Waals surface area contributed by atoms with Crippen LogP contribution in [0.15, 0.2) is 77.4 Å². The molecule has 33 heavy (non-hydrogen) atoms. The molecule has 3 nitrogen and oxygen atoms in total. The highest BCUT2D eigenvalue weighted by Gasteiger charge is 2.10. The minimum Gasteiger partial charge on any atom is -0.393 e. The lowest BCUT2D eigenvalue weighted by Gasteiger charge is -2.15. The first-order valence-corrected chi connectivity index (χ1v) is 12.0. The Balaban J connectivity index is 3.14. The molecule has 0 saturated heterocycles. The number of nitrogens with zero attached hydrogens (tertiary/aromatic N) is 1. The number of nitriles is 1. The van der Waals surface area contributed by atoms with E-state index in [0.29, 0.717) is 5.56 Å². The van der Waals surface area contributed by atoms with Crippen LogP contribution in [0.1, 0.15) is 84.3 Å². The van der Waals surface area contributed by atoms with Crippen LogP contribution in [0.25, 0.3) is 5.57 Å². The van der Waals surface area contributed by atoms with Gasteiger partial charge in [-0.05, 0) is 88.3 Å². The van der Waals surface area contributed by atoms with Gasteiger partial charge in [0.05, 0.1) is 17.7 Å². The van der Waals surface area contributed by atoms with Gasteiger partial charge in [-0.25, -0.2) is 0 Å². The zero-order chi connectivity index (χ0) is 24.8. The normalized spacial score (nSPS) is 14.7. The summed E-state index contributed by atoms with van der Waals surface area (Å²) >= 11 is 0. The van der Waals surface area contributed by atoms with E-state index >= 15 is 0 Å². The minimum absolute atomic E-state index is 0.121. The summed E-state index contributed by atoms with van der Waals surface area (Å²) in [5.74, 6) is 0. The van der Waals surface area contributed by atoms with Crippen molar-refractivity contribution in [3.63, 3.8) is 0 Å². The number of aliphatic hydroxyl groups excluding tert-OH is 1. The van der Waals surface area contributed by atoms with Crippen LogP contribution in [0.3, 0.4) is 0 Å². The molecule has 0 aliphatic heterocycles. The van der Waals surface area contributed by atoms with Crippen LogP contribution in [0.2, 0.25) is 0 Å². The third-order valence-electron chi connectivity index (χ3n) is 5.65. The van der Waals surface area contributed by atoms with Gasteiger partial charge in [0.15, 0.2) is 0 Å². The van der Waals surface area contributed by atoms with E-state index in [1.165, 1.54) is 11.1 Å². The molecule has 0 bridgehead atoms. The highest BCUT2D eigenvalue weighted by atomic mass is 16.3. The van der Waals surface area contributed by atoms with Gasteiger partial charge in [-0.3, -0.25) is 0 Å². The monoisotopic (exact) mass is 446 g/mol. The van der Waals surface area contributed by atoms with E-state index in [0.717, 1.165) is 60.8 Å². The van der Waals surface area contributed by atoms with Crippen molar-refractivity contribution < 1.29 is 5.11 Å². The molecule has 0 aromatic heterocycles. The third kappa shape index (κ3) is 11.1. The molecular formula is C30H42N2O. The quantitative estimate of drug-likeness (QED) is 0.245. The Hall–Kier alpha value is -2.67. The second-order valence-electron chi connectivity index (χ2n) is 9.24. The largest absolute Gasteiger partial charge is 0.393 e. The second kappa shape index (κ2) is 15.2. The molecule has 0 amide bonds. The summed E-state index contributed by atoms with van der Waals surface area (Å²) in [6.45, 7) is 14.3. The molecule has 0 fully saturated rings. The molecule has 3 N–H and O–H groups in total. The van der Waals surface area contributed by atoms with Crippen LogP contribution in [0.5, 0.6) is 0 Å². The lowest BCUT2D eigenvalue weighted by Crippen LogP contribution is -2.20. The molecule has 3 heteroatoms. The van der Waals surface area contributed by atoms with E-state index in [9.17, 15) is 10.4 Å². The van der Waals surface area contributed by atoms with Gasteiger partial charge in [0.1, 0.15) is 0 Å². The lowest BCUT2D eigenvalue weighted by molar-refractivity contribution is 0.180.